The minimum Gasteiger partial charge on any atom is -0.370 e. The first-order valence-corrected chi connectivity index (χ1v) is 8.85. The third-order valence-corrected chi connectivity index (χ3v) is 5.22. The highest BCUT2D eigenvalue weighted by molar-refractivity contribution is 7.99. The monoisotopic (exact) mass is 293 g/mol. The number of hydrogen-bond donors (Lipinski definition) is 1. The molecule has 4 heteroatoms. The molecule has 3 nitrogen and oxygen atoms in total. The zero-order valence-electron chi connectivity index (χ0n) is 13.2. The highest BCUT2D eigenvalue weighted by atomic mass is 32.2. The molecule has 0 aromatic carbocycles. The molecule has 0 atom stereocenters. The van der Waals surface area contributed by atoms with Gasteiger partial charge in [0.1, 0.15) is 16.7 Å². The average molecular weight is 293 g/mol. The maximum atomic E-state index is 4.79. The zero-order valence-corrected chi connectivity index (χ0v) is 14.0. The molecule has 0 aliphatic heterocycles. The molecule has 0 spiro atoms. The molecule has 1 aliphatic rings. The number of anilines is 1. The van der Waals surface area contributed by atoms with E-state index in [9.17, 15) is 0 Å². The van der Waals surface area contributed by atoms with E-state index < -0.39 is 0 Å². The van der Waals surface area contributed by atoms with Gasteiger partial charge in [0, 0.05) is 23.8 Å². The van der Waals surface area contributed by atoms with Crippen LogP contribution in [0.4, 0.5) is 5.82 Å². The van der Waals surface area contributed by atoms with Crippen LogP contribution in [0.15, 0.2) is 5.03 Å². The highest BCUT2D eigenvalue weighted by Crippen LogP contribution is 2.33. The lowest BCUT2D eigenvalue weighted by Crippen LogP contribution is -2.09. The standard InChI is InChI=1S/C16H27N3S/c1-5-17-15-12(4)16(19-14(18-15)11(2)3)20-10-13-8-6-7-9-13/h11,13H,5-10H2,1-4H3,(H,17,18,19). The normalized spacial score (nSPS) is 16.1. The van der Waals surface area contributed by atoms with E-state index in [1.54, 1.807) is 0 Å². The summed E-state index contributed by atoms with van der Waals surface area (Å²) in [6, 6.07) is 0. The maximum absolute atomic E-state index is 4.79. The predicted molar refractivity (Wildman–Crippen MR) is 87.7 cm³/mol. The molecule has 0 amide bonds. The minimum atomic E-state index is 0.374. The van der Waals surface area contributed by atoms with Gasteiger partial charge >= 0.3 is 0 Å². The lowest BCUT2D eigenvalue weighted by Gasteiger charge is -2.15. The molecule has 1 N–H and O–H groups in total. The summed E-state index contributed by atoms with van der Waals surface area (Å²) in [5.41, 5.74) is 1.21. The second-order valence-electron chi connectivity index (χ2n) is 6.01. The van der Waals surface area contributed by atoms with Crippen LogP contribution in [0.1, 0.15) is 63.8 Å². The van der Waals surface area contributed by atoms with Gasteiger partial charge in [-0.05, 0) is 32.6 Å². The highest BCUT2D eigenvalue weighted by Gasteiger charge is 2.18. The van der Waals surface area contributed by atoms with Gasteiger partial charge in [-0.1, -0.05) is 26.7 Å². The molecule has 20 heavy (non-hydrogen) atoms. The maximum Gasteiger partial charge on any atom is 0.134 e. The Morgan fingerprint density at radius 3 is 2.55 bits per heavy atom. The van der Waals surface area contributed by atoms with Gasteiger partial charge in [0.05, 0.1) is 0 Å². The Balaban J connectivity index is 2.15. The van der Waals surface area contributed by atoms with Gasteiger partial charge in [0.15, 0.2) is 0 Å². The lowest BCUT2D eigenvalue weighted by molar-refractivity contribution is 0.622. The topological polar surface area (TPSA) is 37.8 Å². The van der Waals surface area contributed by atoms with Crippen molar-refractivity contribution >= 4 is 17.6 Å². The fraction of sp³-hybridized carbons (Fsp3) is 0.750. The Kier molecular flexibility index (Phi) is 5.70. The first-order valence-electron chi connectivity index (χ1n) is 7.87. The Hall–Kier alpha value is -0.770. The number of thioether (sulfide) groups is 1. The molecule has 2 rings (SSSR count). The van der Waals surface area contributed by atoms with Gasteiger partial charge < -0.3 is 5.32 Å². The van der Waals surface area contributed by atoms with Crippen LogP contribution in [-0.2, 0) is 0 Å². The van der Waals surface area contributed by atoms with Crippen molar-refractivity contribution in [1.82, 2.24) is 9.97 Å². The second kappa shape index (κ2) is 7.30. The van der Waals surface area contributed by atoms with Gasteiger partial charge in [-0.3, -0.25) is 0 Å². The van der Waals surface area contributed by atoms with E-state index in [4.69, 9.17) is 4.98 Å². The third-order valence-electron chi connectivity index (χ3n) is 3.91. The minimum absolute atomic E-state index is 0.374. The number of hydrogen-bond acceptors (Lipinski definition) is 4. The number of aromatic nitrogens is 2. The molecule has 112 valence electrons. The van der Waals surface area contributed by atoms with Crippen molar-refractivity contribution in [3.05, 3.63) is 11.4 Å². The first kappa shape index (κ1) is 15.6. The van der Waals surface area contributed by atoms with Gasteiger partial charge in [-0.25, -0.2) is 9.97 Å². The summed E-state index contributed by atoms with van der Waals surface area (Å²) in [6.07, 6.45) is 5.62. The number of nitrogens with zero attached hydrogens (tertiary/aromatic N) is 2. The Labute approximate surface area is 127 Å². The zero-order chi connectivity index (χ0) is 14.5. The quantitative estimate of drug-likeness (QED) is 0.613. The van der Waals surface area contributed by atoms with Gasteiger partial charge in [0.2, 0.25) is 0 Å². The summed E-state index contributed by atoms with van der Waals surface area (Å²) in [7, 11) is 0. The number of rotatable bonds is 6. The SMILES string of the molecule is CCNc1nc(C(C)C)nc(SCC2CCCC2)c1C. The summed E-state index contributed by atoms with van der Waals surface area (Å²) in [6.45, 7) is 9.47. The molecular formula is C16H27N3S. The van der Waals surface area contributed by atoms with Crippen LogP contribution in [0.5, 0.6) is 0 Å². The largest absolute Gasteiger partial charge is 0.370 e. The van der Waals surface area contributed by atoms with Crippen molar-refractivity contribution in [3.8, 4) is 0 Å². The molecule has 0 bridgehead atoms. The first-order chi connectivity index (χ1) is 9.61. The van der Waals surface area contributed by atoms with Crippen molar-refractivity contribution in [2.75, 3.05) is 17.6 Å². The Morgan fingerprint density at radius 2 is 1.95 bits per heavy atom. The van der Waals surface area contributed by atoms with Crippen LogP contribution >= 0.6 is 11.8 Å². The van der Waals surface area contributed by atoms with Crippen LogP contribution in [0.3, 0.4) is 0 Å². The lowest BCUT2D eigenvalue weighted by atomic mass is 10.1. The van der Waals surface area contributed by atoms with E-state index in [1.165, 1.54) is 42.0 Å². The molecular weight excluding hydrogens is 266 g/mol. The van der Waals surface area contributed by atoms with Crippen LogP contribution in [0.25, 0.3) is 0 Å². The number of nitrogens with one attached hydrogen (secondary N) is 1. The van der Waals surface area contributed by atoms with Gasteiger partial charge in [-0.2, -0.15) is 0 Å². The molecule has 0 unspecified atom stereocenters. The molecule has 1 fully saturated rings. The van der Waals surface area contributed by atoms with Crippen LogP contribution < -0.4 is 5.32 Å². The van der Waals surface area contributed by atoms with E-state index in [0.717, 1.165) is 24.1 Å². The van der Waals surface area contributed by atoms with Crippen molar-refractivity contribution in [3.63, 3.8) is 0 Å². The van der Waals surface area contributed by atoms with Crippen LogP contribution in [0.2, 0.25) is 0 Å². The molecule has 1 aromatic heterocycles. The van der Waals surface area contributed by atoms with Crippen molar-refractivity contribution in [2.45, 2.75) is 64.3 Å². The van der Waals surface area contributed by atoms with Gasteiger partial charge in [-0.15, -0.1) is 11.8 Å². The summed E-state index contributed by atoms with van der Waals surface area (Å²) in [4.78, 5) is 9.45. The van der Waals surface area contributed by atoms with Crippen molar-refractivity contribution < 1.29 is 0 Å². The molecule has 1 aromatic rings. The molecule has 0 saturated heterocycles. The average Bonchev–Trinajstić information content (AvgIpc) is 2.92. The van der Waals surface area contributed by atoms with E-state index in [1.807, 2.05) is 11.8 Å². The Bertz CT molecular complexity index is 440. The predicted octanol–water partition coefficient (Wildman–Crippen LogP) is 4.62. The summed E-state index contributed by atoms with van der Waals surface area (Å²) >= 11 is 1.92. The van der Waals surface area contributed by atoms with Crippen LogP contribution in [0, 0.1) is 12.8 Å². The van der Waals surface area contributed by atoms with Crippen molar-refractivity contribution in [1.29, 1.82) is 0 Å². The smallest absolute Gasteiger partial charge is 0.134 e. The van der Waals surface area contributed by atoms with E-state index in [2.05, 4.69) is 38.0 Å². The van der Waals surface area contributed by atoms with Crippen molar-refractivity contribution in [2.24, 2.45) is 5.92 Å². The Morgan fingerprint density at radius 1 is 1.25 bits per heavy atom. The summed E-state index contributed by atoms with van der Waals surface area (Å²) in [5.74, 6) is 4.44. The molecule has 0 radical (unpaired) electrons. The third kappa shape index (κ3) is 3.87. The summed E-state index contributed by atoms with van der Waals surface area (Å²) in [5, 5.41) is 4.55. The molecule has 1 saturated carbocycles. The fourth-order valence-corrected chi connectivity index (χ4v) is 3.82. The molecule has 1 aliphatic carbocycles. The second-order valence-corrected chi connectivity index (χ2v) is 7.02. The fourth-order valence-electron chi connectivity index (χ4n) is 2.62. The van der Waals surface area contributed by atoms with E-state index in [0.29, 0.717) is 5.92 Å². The molecule has 1 heterocycles. The summed E-state index contributed by atoms with van der Waals surface area (Å²) < 4.78 is 0. The van der Waals surface area contributed by atoms with E-state index >= 15 is 0 Å². The van der Waals surface area contributed by atoms with Crippen LogP contribution in [-0.4, -0.2) is 22.3 Å². The van der Waals surface area contributed by atoms with E-state index in [-0.39, 0.29) is 0 Å². The van der Waals surface area contributed by atoms with Gasteiger partial charge in [0.25, 0.3) is 0 Å².